The molecule has 2 amide bonds. The first-order chi connectivity index (χ1) is 8.04. The van der Waals surface area contributed by atoms with Crippen LogP contribution in [0.5, 0.6) is 0 Å². The summed E-state index contributed by atoms with van der Waals surface area (Å²) in [5.74, 6) is 0.953. The second-order valence-corrected chi connectivity index (χ2v) is 7.08. The van der Waals surface area contributed by atoms with Crippen molar-refractivity contribution in [2.75, 3.05) is 12.3 Å². The number of carbonyl (C=O) groups excluding carboxylic acids is 2. The first-order valence-electron chi connectivity index (χ1n) is 5.42. The van der Waals surface area contributed by atoms with E-state index in [1.54, 1.807) is 0 Å². The monoisotopic (exact) mass is 292 g/mol. The van der Waals surface area contributed by atoms with Crippen LogP contribution < -0.4 is 10.6 Å². The predicted octanol–water partition coefficient (Wildman–Crippen LogP) is 1.36. The van der Waals surface area contributed by atoms with Crippen molar-refractivity contribution in [3.05, 3.63) is 0 Å². The van der Waals surface area contributed by atoms with Crippen LogP contribution in [0.15, 0.2) is 0 Å². The molecule has 0 bridgehead atoms. The Balaban J connectivity index is 2.13. The number of thiocarbonyl (C=S) groups is 1. The van der Waals surface area contributed by atoms with E-state index in [9.17, 15) is 9.59 Å². The molecule has 1 heterocycles. The predicted molar refractivity (Wildman–Crippen MR) is 77.0 cm³/mol. The summed E-state index contributed by atoms with van der Waals surface area (Å²) in [6.45, 7) is 4.12. The Bertz CT molecular complexity index is 323. The van der Waals surface area contributed by atoms with Crippen LogP contribution >= 0.6 is 35.7 Å². The Kier molecular flexibility index (Phi) is 6.29. The summed E-state index contributed by atoms with van der Waals surface area (Å²) in [5.41, 5.74) is 0. The molecule has 0 radical (unpaired) electrons. The minimum absolute atomic E-state index is 0.0264. The summed E-state index contributed by atoms with van der Waals surface area (Å²) >= 11 is 8.28. The van der Waals surface area contributed by atoms with E-state index < -0.39 is 0 Å². The molecule has 1 aliphatic rings. The smallest absolute Gasteiger partial charge is 0.226 e. The lowest BCUT2D eigenvalue weighted by Crippen LogP contribution is -2.56. The lowest BCUT2D eigenvalue weighted by Gasteiger charge is -2.35. The lowest BCUT2D eigenvalue weighted by molar-refractivity contribution is -0.132. The van der Waals surface area contributed by atoms with Crippen molar-refractivity contribution >= 4 is 51.1 Å². The van der Waals surface area contributed by atoms with Gasteiger partial charge in [0.05, 0.1) is 11.3 Å². The lowest BCUT2D eigenvalue weighted by atomic mass is 9.99. The van der Waals surface area contributed by atoms with Crippen LogP contribution in [0.4, 0.5) is 0 Å². The molecule has 1 saturated heterocycles. The maximum Gasteiger partial charge on any atom is 0.226 e. The van der Waals surface area contributed by atoms with E-state index in [0.29, 0.717) is 6.54 Å². The van der Waals surface area contributed by atoms with Crippen LogP contribution in [0.1, 0.15) is 20.3 Å². The summed E-state index contributed by atoms with van der Waals surface area (Å²) in [6.07, 6.45) is 0.850. The minimum atomic E-state index is -0.0264. The maximum absolute atomic E-state index is 11.2. The van der Waals surface area contributed by atoms with Crippen molar-refractivity contribution in [3.63, 3.8) is 0 Å². The van der Waals surface area contributed by atoms with E-state index >= 15 is 0 Å². The molecule has 0 aromatic heterocycles. The van der Waals surface area contributed by atoms with Crippen molar-refractivity contribution in [1.29, 1.82) is 0 Å². The van der Waals surface area contributed by atoms with E-state index in [1.165, 1.54) is 30.4 Å². The summed E-state index contributed by atoms with van der Waals surface area (Å²) < 4.78 is 0.818. The van der Waals surface area contributed by atoms with Gasteiger partial charge in [-0.1, -0.05) is 30.9 Å². The fraction of sp³-hybridized carbons (Fsp3) is 0.700. The molecule has 96 valence electrons. The second-order valence-electron chi connectivity index (χ2n) is 3.64. The van der Waals surface area contributed by atoms with Crippen molar-refractivity contribution in [2.24, 2.45) is 5.92 Å². The van der Waals surface area contributed by atoms with Gasteiger partial charge in [-0.2, -0.15) is 0 Å². The SMILES string of the molecule is CCC1C(=O)NC1SC(=S)SCCNC(C)=O. The van der Waals surface area contributed by atoms with E-state index in [1.807, 2.05) is 6.92 Å². The van der Waals surface area contributed by atoms with Gasteiger partial charge in [0, 0.05) is 19.2 Å². The van der Waals surface area contributed by atoms with Crippen LogP contribution in [0.2, 0.25) is 0 Å². The number of thioether (sulfide) groups is 2. The van der Waals surface area contributed by atoms with Gasteiger partial charge in [-0.3, -0.25) is 9.59 Å². The molecule has 0 aromatic rings. The highest BCUT2D eigenvalue weighted by Crippen LogP contribution is 2.32. The van der Waals surface area contributed by atoms with Gasteiger partial charge in [-0.05, 0) is 6.42 Å². The Labute approximate surface area is 115 Å². The van der Waals surface area contributed by atoms with Crippen molar-refractivity contribution in [3.8, 4) is 0 Å². The molecular formula is C10H16N2O2S3. The molecule has 0 saturated carbocycles. The van der Waals surface area contributed by atoms with Gasteiger partial charge in [-0.25, -0.2) is 0 Å². The first-order valence-corrected chi connectivity index (χ1v) is 7.70. The third kappa shape index (κ3) is 4.85. The highest BCUT2D eigenvalue weighted by Gasteiger charge is 2.38. The van der Waals surface area contributed by atoms with Crippen LogP contribution in [0.25, 0.3) is 0 Å². The Morgan fingerprint density at radius 2 is 2.29 bits per heavy atom. The largest absolute Gasteiger partial charge is 0.356 e. The Morgan fingerprint density at radius 3 is 2.82 bits per heavy atom. The zero-order chi connectivity index (χ0) is 12.8. The van der Waals surface area contributed by atoms with Gasteiger partial charge >= 0.3 is 0 Å². The summed E-state index contributed by atoms with van der Waals surface area (Å²) in [7, 11) is 0. The second kappa shape index (κ2) is 7.23. The van der Waals surface area contributed by atoms with Crippen molar-refractivity contribution in [1.82, 2.24) is 10.6 Å². The Morgan fingerprint density at radius 1 is 1.59 bits per heavy atom. The summed E-state index contributed by atoms with van der Waals surface area (Å²) in [5, 5.41) is 5.68. The molecule has 1 fully saturated rings. The Hall–Kier alpha value is -0.270. The van der Waals surface area contributed by atoms with Gasteiger partial charge in [0.2, 0.25) is 11.8 Å². The maximum atomic E-state index is 11.2. The number of β-lactam (4-membered cyclic amide) rings is 1. The number of hydrogen-bond acceptors (Lipinski definition) is 5. The van der Waals surface area contributed by atoms with E-state index in [2.05, 4.69) is 10.6 Å². The fourth-order valence-corrected chi connectivity index (χ4v) is 4.03. The van der Waals surface area contributed by atoms with E-state index in [0.717, 1.165) is 15.7 Å². The van der Waals surface area contributed by atoms with Crippen molar-refractivity contribution < 1.29 is 9.59 Å². The fourth-order valence-electron chi connectivity index (χ4n) is 1.40. The van der Waals surface area contributed by atoms with Crippen LogP contribution in [0, 0.1) is 5.92 Å². The van der Waals surface area contributed by atoms with Crippen LogP contribution in [-0.4, -0.2) is 33.0 Å². The average Bonchev–Trinajstić information content (AvgIpc) is 2.24. The van der Waals surface area contributed by atoms with Gasteiger partial charge in [0.25, 0.3) is 0 Å². The summed E-state index contributed by atoms with van der Waals surface area (Å²) in [6, 6.07) is 0. The highest BCUT2D eigenvalue weighted by atomic mass is 32.2. The number of nitrogens with one attached hydrogen (secondary N) is 2. The number of hydrogen-bond donors (Lipinski definition) is 2. The number of carbonyl (C=O) groups is 2. The zero-order valence-electron chi connectivity index (χ0n) is 9.82. The molecule has 1 aliphatic heterocycles. The molecule has 1 rings (SSSR count). The normalized spacial score (nSPS) is 22.6. The highest BCUT2D eigenvalue weighted by molar-refractivity contribution is 8.47. The quantitative estimate of drug-likeness (QED) is 0.455. The topological polar surface area (TPSA) is 58.2 Å². The summed E-state index contributed by atoms with van der Waals surface area (Å²) in [4.78, 5) is 21.8. The van der Waals surface area contributed by atoms with E-state index in [-0.39, 0.29) is 23.1 Å². The van der Waals surface area contributed by atoms with Crippen molar-refractivity contribution in [2.45, 2.75) is 25.6 Å². The molecule has 0 aliphatic carbocycles. The molecule has 2 N–H and O–H groups in total. The molecule has 4 nitrogen and oxygen atoms in total. The third-order valence-corrected chi connectivity index (χ3v) is 5.17. The molecule has 2 atom stereocenters. The third-order valence-electron chi connectivity index (χ3n) is 2.35. The first kappa shape index (κ1) is 14.8. The van der Waals surface area contributed by atoms with Crippen LogP contribution in [-0.2, 0) is 9.59 Å². The molecular weight excluding hydrogens is 276 g/mol. The molecule has 0 aromatic carbocycles. The molecule has 7 heteroatoms. The number of rotatable bonds is 5. The van der Waals surface area contributed by atoms with Gasteiger partial charge < -0.3 is 10.6 Å². The zero-order valence-corrected chi connectivity index (χ0v) is 12.3. The van der Waals surface area contributed by atoms with Gasteiger partial charge in [-0.15, -0.1) is 11.8 Å². The number of amides is 2. The van der Waals surface area contributed by atoms with Gasteiger partial charge in [0.1, 0.15) is 3.53 Å². The standard InChI is InChI=1S/C10H16N2O2S3/c1-3-7-8(14)12-9(7)17-10(15)16-5-4-11-6(2)13/h7,9H,3-5H2,1-2H3,(H,11,13)(H,12,14). The van der Waals surface area contributed by atoms with Gasteiger partial charge in [0.15, 0.2) is 0 Å². The molecule has 17 heavy (non-hydrogen) atoms. The van der Waals surface area contributed by atoms with Crippen LogP contribution in [0.3, 0.4) is 0 Å². The molecule has 2 unspecified atom stereocenters. The minimum Gasteiger partial charge on any atom is -0.356 e. The molecule has 0 spiro atoms. The average molecular weight is 292 g/mol. The van der Waals surface area contributed by atoms with E-state index in [4.69, 9.17) is 12.2 Å².